The summed E-state index contributed by atoms with van der Waals surface area (Å²) in [5.41, 5.74) is 1.35. The van der Waals surface area contributed by atoms with Crippen molar-refractivity contribution in [2.24, 2.45) is 5.92 Å². The monoisotopic (exact) mass is 691 g/mol. The summed E-state index contributed by atoms with van der Waals surface area (Å²) in [6.07, 6.45) is 6.44. The van der Waals surface area contributed by atoms with Crippen LogP contribution in [0.4, 0.5) is 10.9 Å². The van der Waals surface area contributed by atoms with Gasteiger partial charge in [0.05, 0.1) is 44.4 Å². The summed E-state index contributed by atoms with van der Waals surface area (Å²) in [7, 11) is 3.55. The molecular weight excluding hydrogens is 650 g/mol. The van der Waals surface area contributed by atoms with E-state index in [-0.39, 0.29) is 39.7 Å². The Kier molecular flexibility index (Phi) is 10.5. The number of carboxylic acid groups (broad SMARTS) is 1. The second-order valence-corrected chi connectivity index (χ2v) is 14.7. The Morgan fingerprint density at radius 3 is 2.57 bits per heavy atom. The molecule has 5 rings (SSSR count). The molecule has 0 saturated carbocycles. The number of aliphatic carboxylic acids is 1. The number of anilines is 2. The number of hydrogen-bond donors (Lipinski definition) is 3. The molecule has 16 nitrogen and oxygen atoms in total. The Morgan fingerprint density at radius 1 is 1.16 bits per heavy atom. The van der Waals surface area contributed by atoms with Crippen LogP contribution in [0.1, 0.15) is 67.5 Å². The fourth-order valence-electron chi connectivity index (χ4n) is 5.52. The normalized spacial score (nSPS) is 14.4. The van der Waals surface area contributed by atoms with Crippen molar-refractivity contribution in [3.05, 3.63) is 56.7 Å². The number of aromatic amines is 1. The van der Waals surface area contributed by atoms with Gasteiger partial charge in [-0.25, -0.2) is 9.97 Å². The van der Waals surface area contributed by atoms with Crippen molar-refractivity contribution in [3.8, 4) is 0 Å². The second-order valence-electron chi connectivity index (χ2n) is 13.8. The van der Waals surface area contributed by atoms with Crippen molar-refractivity contribution in [1.29, 1.82) is 0 Å². The molecule has 49 heavy (non-hydrogen) atoms. The van der Waals surface area contributed by atoms with E-state index in [1.54, 1.807) is 38.4 Å². The molecule has 1 saturated heterocycles. The van der Waals surface area contributed by atoms with Crippen LogP contribution < -0.4 is 26.2 Å². The number of amides is 2. The minimum atomic E-state index is -1.13. The van der Waals surface area contributed by atoms with Crippen LogP contribution in [0.3, 0.4) is 0 Å². The molecule has 0 radical (unpaired) electrons. The number of piperidine rings is 1. The smallest absolute Gasteiger partial charge is 0.267 e. The number of thiazole rings is 1. The first-order chi connectivity index (χ1) is 23.2. The van der Waals surface area contributed by atoms with Crippen molar-refractivity contribution in [2.45, 2.75) is 45.4 Å². The SMILES string of the molecule is CC(C)(C)c1csc(NC(=O)c2ccn3c(=O)c(/C=C/c4nn[nH]n4)c(N4CCC(CC(=O)NCC[N+](C)(C)CC(=O)[O-])CC4)nc3c2)n1. The molecular formula is C32H41N11O5S. The zero-order chi connectivity index (χ0) is 35.3. The number of nitrogens with zero attached hydrogens (tertiary/aromatic N) is 8. The quantitative estimate of drug-likeness (QED) is 0.178. The van der Waals surface area contributed by atoms with Crippen LogP contribution in [0, 0.1) is 5.92 Å². The Labute approximate surface area is 286 Å². The van der Waals surface area contributed by atoms with Gasteiger partial charge in [0, 0.05) is 42.1 Å². The number of H-pyrrole nitrogens is 1. The van der Waals surface area contributed by atoms with Crippen LogP contribution in [-0.2, 0) is 15.0 Å². The van der Waals surface area contributed by atoms with Crippen LogP contribution in [0.15, 0.2) is 28.5 Å². The first kappa shape index (κ1) is 35.3. The van der Waals surface area contributed by atoms with Crippen LogP contribution in [0.2, 0.25) is 0 Å². The van der Waals surface area contributed by atoms with E-state index in [1.807, 2.05) is 10.3 Å². The molecule has 2 amide bonds. The average Bonchev–Trinajstić information content (AvgIpc) is 3.73. The van der Waals surface area contributed by atoms with Crippen molar-refractivity contribution in [3.63, 3.8) is 0 Å². The molecule has 1 aliphatic rings. The third-order valence-corrected chi connectivity index (χ3v) is 9.10. The number of aromatic nitrogens is 7. The number of carboxylic acids is 1. The lowest BCUT2D eigenvalue weighted by Gasteiger charge is -2.33. The van der Waals surface area contributed by atoms with E-state index in [0.29, 0.717) is 79.0 Å². The lowest BCUT2D eigenvalue weighted by molar-refractivity contribution is -0.883. The summed E-state index contributed by atoms with van der Waals surface area (Å²) >= 11 is 1.35. The molecule has 17 heteroatoms. The van der Waals surface area contributed by atoms with Gasteiger partial charge in [-0.3, -0.25) is 24.1 Å². The van der Waals surface area contributed by atoms with E-state index in [4.69, 9.17) is 4.98 Å². The molecule has 0 aromatic carbocycles. The van der Waals surface area contributed by atoms with Gasteiger partial charge in [0.25, 0.3) is 11.5 Å². The molecule has 0 bridgehead atoms. The van der Waals surface area contributed by atoms with Gasteiger partial charge in [-0.05, 0) is 48.3 Å². The summed E-state index contributed by atoms with van der Waals surface area (Å²) in [4.78, 5) is 62.1. The van der Waals surface area contributed by atoms with E-state index in [1.165, 1.54) is 21.9 Å². The predicted molar refractivity (Wildman–Crippen MR) is 183 cm³/mol. The molecule has 1 aliphatic heterocycles. The maximum atomic E-state index is 13.8. The number of fused-ring (bicyclic) bond motifs is 1. The number of rotatable bonds is 12. The van der Waals surface area contributed by atoms with Gasteiger partial charge in [-0.15, -0.1) is 21.5 Å². The van der Waals surface area contributed by atoms with Crippen LogP contribution >= 0.6 is 11.3 Å². The highest BCUT2D eigenvalue weighted by atomic mass is 32.1. The largest absolute Gasteiger partial charge is 0.544 e. The molecule has 260 valence electrons. The maximum absolute atomic E-state index is 13.8. The molecule has 0 atom stereocenters. The second kappa shape index (κ2) is 14.6. The molecule has 0 spiro atoms. The highest BCUT2D eigenvalue weighted by molar-refractivity contribution is 7.14. The predicted octanol–water partition coefficient (Wildman–Crippen LogP) is 0.933. The summed E-state index contributed by atoms with van der Waals surface area (Å²) in [5.74, 6) is -0.710. The van der Waals surface area contributed by atoms with Crippen molar-refractivity contribution >= 4 is 57.9 Å². The number of quaternary nitrogens is 1. The highest BCUT2D eigenvalue weighted by Crippen LogP contribution is 2.28. The van der Waals surface area contributed by atoms with Gasteiger partial charge < -0.3 is 24.6 Å². The van der Waals surface area contributed by atoms with Crippen molar-refractivity contribution < 1.29 is 24.0 Å². The minimum absolute atomic E-state index is 0.0871. The number of hydrogen-bond acceptors (Lipinski definition) is 12. The Balaban J connectivity index is 1.32. The summed E-state index contributed by atoms with van der Waals surface area (Å²) < 4.78 is 1.60. The number of likely N-dealkylation sites (N-methyl/N-ethyl adjacent to an activating group) is 1. The van der Waals surface area contributed by atoms with Gasteiger partial charge in [0.2, 0.25) is 5.91 Å². The number of tetrazole rings is 1. The minimum Gasteiger partial charge on any atom is -0.544 e. The van der Waals surface area contributed by atoms with Gasteiger partial charge in [-0.1, -0.05) is 20.8 Å². The van der Waals surface area contributed by atoms with Crippen LogP contribution in [0.5, 0.6) is 0 Å². The number of pyridine rings is 1. The highest BCUT2D eigenvalue weighted by Gasteiger charge is 2.26. The molecule has 4 aromatic rings. The molecule has 5 heterocycles. The van der Waals surface area contributed by atoms with Gasteiger partial charge >= 0.3 is 0 Å². The van der Waals surface area contributed by atoms with E-state index in [0.717, 1.165) is 5.69 Å². The number of nitrogens with one attached hydrogen (secondary N) is 3. The molecule has 1 fully saturated rings. The lowest BCUT2D eigenvalue weighted by atomic mass is 9.93. The van der Waals surface area contributed by atoms with Crippen LogP contribution in [-0.4, -0.2) is 104 Å². The molecule has 0 aliphatic carbocycles. The first-order valence-electron chi connectivity index (χ1n) is 16.0. The molecule has 3 N–H and O–H groups in total. The lowest BCUT2D eigenvalue weighted by Crippen LogP contribution is -2.51. The number of carbonyl (C=O) groups excluding carboxylic acids is 3. The van der Waals surface area contributed by atoms with E-state index in [9.17, 15) is 24.3 Å². The summed E-state index contributed by atoms with van der Waals surface area (Å²) in [5, 5.41) is 32.9. The average molecular weight is 692 g/mol. The van der Waals surface area contributed by atoms with E-state index >= 15 is 0 Å². The van der Waals surface area contributed by atoms with Crippen molar-refractivity contribution in [1.82, 2.24) is 40.3 Å². The fourth-order valence-corrected chi connectivity index (χ4v) is 6.45. The fraction of sp³-hybridized carbons (Fsp3) is 0.469. The van der Waals surface area contributed by atoms with Gasteiger partial charge in [0.15, 0.2) is 11.0 Å². The van der Waals surface area contributed by atoms with Gasteiger partial charge in [-0.2, -0.15) is 5.21 Å². The summed E-state index contributed by atoms with van der Waals surface area (Å²) in [6.45, 7) is 7.96. The third kappa shape index (κ3) is 9.11. The Bertz CT molecular complexity index is 1900. The first-order valence-corrected chi connectivity index (χ1v) is 16.9. The maximum Gasteiger partial charge on any atom is 0.267 e. The standard InChI is InChI=1S/C32H41N11O5S/c1-32(2,3)23-19-49-31(34-23)36-29(47)21-10-14-42-25(17-21)35-28(22(30(42)48)6-7-24-37-39-40-38-24)41-12-8-20(9-13-41)16-26(44)33-11-15-43(4,5)18-27(45)46/h6-7,10,14,17,19-20H,8-9,11-13,15-16,18H2,1-5H3,(H3-,33,34,36,37,38,39,40,44,45,46,47). The van der Waals surface area contributed by atoms with Crippen molar-refractivity contribution in [2.75, 3.05) is 57.0 Å². The number of carbonyl (C=O) groups is 3. The van der Waals surface area contributed by atoms with Gasteiger partial charge in [0.1, 0.15) is 18.0 Å². The zero-order valence-electron chi connectivity index (χ0n) is 28.2. The topological polar surface area (TPSA) is 203 Å². The Hall–Kier alpha value is -5.03. The van der Waals surface area contributed by atoms with E-state index in [2.05, 4.69) is 57.0 Å². The Morgan fingerprint density at radius 2 is 1.92 bits per heavy atom. The molecule has 0 unspecified atom stereocenters. The zero-order valence-corrected chi connectivity index (χ0v) is 29.0. The third-order valence-electron chi connectivity index (χ3n) is 8.35. The molecule has 4 aromatic heterocycles. The van der Waals surface area contributed by atoms with Crippen LogP contribution in [0.25, 0.3) is 17.8 Å². The van der Waals surface area contributed by atoms with E-state index < -0.39 is 5.97 Å². The summed E-state index contributed by atoms with van der Waals surface area (Å²) in [6, 6.07) is 3.14.